The maximum atomic E-state index is 12.7. The van der Waals surface area contributed by atoms with Crippen molar-refractivity contribution >= 4 is 33.6 Å². The Morgan fingerprint density at radius 3 is 2.63 bits per heavy atom. The van der Waals surface area contributed by atoms with Crippen molar-refractivity contribution < 1.29 is 27.8 Å². The Labute approximate surface area is 160 Å². The highest BCUT2D eigenvalue weighted by atomic mass is 79.9. The fourth-order valence-electron chi connectivity index (χ4n) is 2.12. The summed E-state index contributed by atoms with van der Waals surface area (Å²) in [5.41, 5.74) is -0.991. The van der Waals surface area contributed by atoms with Crippen molar-refractivity contribution in [1.82, 2.24) is 0 Å². The first kappa shape index (κ1) is 20.3. The zero-order valence-electron chi connectivity index (χ0n) is 13.8. The van der Waals surface area contributed by atoms with Gasteiger partial charge in [0.1, 0.15) is 11.6 Å². The van der Waals surface area contributed by atoms with Gasteiger partial charge >= 0.3 is 6.18 Å². The summed E-state index contributed by atoms with van der Waals surface area (Å²) in [4.78, 5) is 12.2. The van der Waals surface area contributed by atoms with Crippen molar-refractivity contribution in [2.45, 2.75) is 6.18 Å². The van der Waals surface area contributed by atoms with Gasteiger partial charge in [-0.15, -0.1) is 0 Å². The minimum atomic E-state index is -4.55. The Morgan fingerprint density at radius 1 is 1.33 bits per heavy atom. The summed E-state index contributed by atoms with van der Waals surface area (Å²) in [7, 11) is 1.33. The topological polar surface area (TPSA) is 82.3 Å². The second kappa shape index (κ2) is 8.14. The van der Waals surface area contributed by atoms with Gasteiger partial charge in [0.05, 0.1) is 17.1 Å². The van der Waals surface area contributed by atoms with Gasteiger partial charge in [0.15, 0.2) is 11.5 Å². The molecule has 5 nitrogen and oxygen atoms in total. The van der Waals surface area contributed by atoms with E-state index >= 15 is 0 Å². The predicted octanol–water partition coefficient (Wildman–Crippen LogP) is 4.73. The normalized spacial score (nSPS) is 11.6. The van der Waals surface area contributed by atoms with Crippen LogP contribution in [0.15, 0.2) is 46.4 Å². The number of aromatic hydroxyl groups is 1. The number of benzene rings is 2. The number of methoxy groups -OCH3 is 1. The van der Waals surface area contributed by atoms with E-state index in [4.69, 9.17) is 4.74 Å². The van der Waals surface area contributed by atoms with Crippen molar-refractivity contribution in [2.24, 2.45) is 0 Å². The van der Waals surface area contributed by atoms with Gasteiger partial charge in [-0.05, 0) is 57.9 Å². The van der Waals surface area contributed by atoms with E-state index in [1.165, 1.54) is 31.4 Å². The molecule has 9 heteroatoms. The number of carbonyl (C=O) groups excluding carboxylic acids is 1. The summed E-state index contributed by atoms with van der Waals surface area (Å²) in [6, 6.07) is 8.62. The number of halogens is 4. The standard InChI is InChI=1S/C18H12BrF3N2O3/c1-27-15-7-10(6-14(19)16(15)25)5-11(9-23)17(26)24-13-4-2-3-12(8-13)18(20,21)22/h2-8,25H,1H3,(H,24,26)/b11-5+. The van der Waals surface area contributed by atoms with E-state index in [1.54, 1.807) is 6.07 Å². The number of nitrogens with one attached hydrogen (secondary N) is 1. The predicted molar refractivity (Wildman–Crippen MR) is 96.0 cm³/mol. The molecule has 0 aliphatic heterocycles. The third kappa shape index (κ3) is 5.01. The van der Waals surface area contributed by atoms with E-state index in [0.29, 0.717) is 5.56 Å². The number of hydrogen-bond acceptors (Lipinski definition) is 4. The molecule has 2 rings (SSSR count). The number of ether oxygens (including phenoxy) is 1. The first-order chi connectivity index (χ1) is 12.7. The monoisotopic (exact) mass is 440 g/mol. The van der Waals surface area contributed by atoms with Gasteiger partial charge in [-0.1, -0.05) is 6.07 Å². The van der Waals surface area contributed by atoms with Gasteiger partial charge in [0, 0.05) is 5.69 Å². The van der Waals surface area contributed by atoms with Crippen LogP contribution < -0.4 is 10.1 Å². The van der Waals surface area contributed by atoms with E-state index in [9.17, 15) is 28.3 Å². The fourth-order valence-corrected chi connectivity index (χ4v) is 2.58. The number of phenolic OH excluding ortho intramolecular Hbond substituents is 1. The lowest BCUT2D eigenvalue weighted by atomic mass is 10.1. The van der Waals surface area contributed by atoms with Gasteiger partial charge in [-0.2, -0.15) is 18.4 Å². The summed E-state index contributed by atoms with van der Waals surface area (Å²) in [5, 5.41) is 21.3. The largest absolute Gasteiger partial charge is 0.503 e. The SMILES string of the molecule is COc1cc(/C=C(\C#N)C(=O)Nc2cccc(C(F)(F)F)c2)cc(Br)c1O. The van der Waals surface area contributed by atoms with E-state index in [-0.39, 0.29) is 27.2 Å². The van der Waals surface area contributed by atoms with Crippen LogP contribution in [0.1, 0.15) is 11.1 Å². The van der Waals surface area contributed by atoms with Crippen LogP contribution in [0.25, 0.3) is 6.08 Å². The Balaban J connectivity index is 2.31. The number of rotatable bonds is 4. The van der Waals surface area contributed by atoms with Gasteiger partial charge < -0.3 is 15.2 Å². The first-order valence-corrected chi connectivity index (χ1v) is 8.12. The lowest BCUT2D eigenvalue weighted by molar-refractivity contribution is -0.137. The Bertz CT molecular complexity index is 950. The summed E-state index contributed by atoms with van der Waals surface area (Å²) in [6.45, 7) is 0. The maximum absolute atomic E-state index is 12.7. The van der Waals surface area contributed by atoms with Crippen LogP contribution in [-0.2, 0) is 11.0 Å². The zero-order valence-corrected chi connectivity index (χ0v) is 15.4. The van der Waals surface area contributed by atoms with Crippen LogP contribution in [0.2, 0.25) is 0 Å². The van der Waals surface area contributed by atoms with Crippen LogP contribution in [0.3, 0.4) is 0 Å². The highest BCUT2D eigenvalue weighted by Crippen LogP contribution is 2.36. The van der Waals surface area contributed by atoms with Crippen LogP contribution in [-0.4, -0.2) is 18.1 Å². The molecule has 0 radical (unpaired) electrons. The number of carbonyl (C=O) groups is 1. The number of anilines is 1. The van der Waals surface area contributed by atoms with Crippen molar-refractivity contribution in [3.63, 3.8) is 0 Å². The summed E-state index contributed by atoms with van der Waals surface area (Å²) >= 11 is 3.12. The molecule has 0 bridgehead atoms. The van der Waals surface area contributed by atoms with Crippen molar-refractivity contribution in [3.05, 3.63) is 57.6 Å². The minimum absolute atomic E-state index is 0.0968. The molecule has 1 amide bonds. The van der Waals surface area contributed by atoms with Gasteiger partial charge in [0.2, 0.25) is 0 Å². The lowest BCUT2D eigenvalue weighted by Gasteiger charge is -2.10. The van der Waals surface area contributed by atoms with E-state index in [0.717, 1.165) is 18.2 Å². The van der Waals surface area contributed by atoms with Crippen molar-refractivity contribution in [2.75, 3.05) is 12.4 Å². The molecule has 0 aliphatic rings. The Kier molecular flexibility index (Phi) is 6.13. The number of nitrogens with zero attached hydrogens (tertiary/aromatic N) is 1. The van der Waals surface area contributed by atoms with Gasteiger partial charge in [-0.25, -0.2) is 0 Å². The molecule has 0 aliphatic carbocycles. The molecule has 0 saturated carbocycles. The molecule has 2 aromatic rings. The second-order valence-corrected chi connectivity index (χ2v) is 6.11. The maximum Gasteiger partial charge on any atom is 0.416 e. The number of alkyl halides is 3. The molecular formula is C18H12BrF3N2O3. The minimum Gasteiger partial charge on any atom is -0.503 e. The smallest absolute Gasteiger partial charge is 0.416 e. The zero-order chi connectivity index (χ0) is 20.2. The highest BCUT2D eigenvalue weighted by molar-refractivity contribution is 9.10. The van der Waals surface area contributed by atoms with Crippen LogP contribution in [0.4, 0.5) is 18.9 Å². The molecule has 2 N–H and O–H groups in total. The molecule has 0 unspecified atom stereocenters. The third-order valence-electron chi connectivity index (χ3n) is 3.39. The molecule has 0 spiro atoms. The molecule has 27 heavy (non-hydrogen) atoms. The molecule has 0 heterocycles. The van der Waals surface area contributed by atoms with Gasteiger partial charge in [0.25, 0.3) is 5.91 Å². The lowest BCUT2D eigenvalue weighted by Crippen LogP contribution is -2.14. The third-order valence-corrected chi connectivity index (χ3v) is 4.00. The molecule has 0 saturated heterocycles. The van der Waals surface area contributed by atoms with E-state index in [1.807, 2.05) is 0 Å². The first-order valence-electron chi connectivity index (χ1n) is 7.32. The van der Waals surface area contributed by atoms with Gasteiger partial charge in [-0.3, -0.25) is 4.79 Å². The van der Waals surface area contributed by atoms with Crippen molar-refractivity contribution in [3.8, 4) is 17.6 Å². The number of nitriles is 1. The molecular weight excluding hydrogens is 429 g/mol. The fraction of sp³-hybridized carbons (Fsp3) is 0.111. The average Bonchev–Trinajstić information content (AvgIpc) is 2.61. The highest BCUT2D eigenvalue weighted by Gasteiger charge is 2.30. The van der Waals surface area contributed by atoms with E-state index < -0.39 is 17.6 Å². The van der Waals surface area contributed by atoms with Crippen LogP contribution in [0, 0.1) is 11.3 Å². The van der Waals surface area contributed by atoms with E-state index in [2.05, 4.69) is 21.2 Å². The number of hydrogen-bond donors (Lipinski definition) is 2. The number of phenols is 1. The Hall–Kier alpha value is -2.99. The summed E-state index contributed by atoms with van der Waals surface area (Å²) in [6.07, 6.45) is -3.33. The quantitative estimate of drug-likeness (QED) is 0.531. The number of amides is 1. The summed E-state index contributed by atoms with van der Waals surface area (Å²) in [5.74, 6) is -0.909. The molecule has 0 fully saturated rings. The second-order valence-electron chi connectivity index (χ2n) is 5.26. The molecule has 2 aromatic carbocycles. The van der Waals surface area contributed by atoms with Crippen LogP contribution in [0.5, 0.6) is 11.5 Å². The summed E-state index contributed by atoms with van der Waals surface area (Å²) < 4.78 is 43.5. The molecule has 0 aromatic heterocycles. The van der Waals surface area contributed by atoms with Crippen molar-refractivity contribution in [1.29, 1.82) is 5.26 Å². The average molecular weight is 441 g/mol. The van der Waals surface area contributed by atoms with Crippen LogP contribution >= 0.6 is 15.9 Å². The molecule has 0 atom stereocenters. The molecule has 140 valence electrons. The Morgan fingerprint density at radius 2 is 2.04 bits per heavy atom.